The zero-order chi connectivity index (χ0) is 22.3. The summed E-state index contributed by atoms with van der Waals surface area (Å²) in [6, 6.07) is 11.6. The Hall–Kier alpha value is -3.75. The molecule has 2 aromatic rings. The van der Waals surface area contributed by atoms with Gasteiger partial charge in [-0.3, -0.25) is 14.9 Å². The molecule has 0 radical (unpaired) electrons. The molecule has 0 aliphatic rings. The van der Waals surface area contributed by atoms with Gasteiger partial charge in [0.25, 0.3) is 11.6 Å². The zero-order valence-corrected chi connectivity index (χ0v) is 16.9. The Morgan fingerprint density at radius 1 is 1.00 bits per heavy atom. The molecule has 0 unspecified atom stereocenters. The summed E-state index contributed by atoms with van der Waals surface area (Å²) in [6.07, 6.45) is -1.24. The lowest BCUT2D eigenvalue weighted by atomic mass is 10.1. The smallest absolute Gasteiger partial charge is 0.339 e. The molecule has 9 nitrogen and oxygen atoms in total. The van der Waals surface area contributed by atoms with Gasteiger partial charge in [0.1, 0.15) is 0 Å². The summed E-state index contributed by atoms with van der Waals surface area (Å²) in [6.45, 7) is 4.43. The Balaban J connectivity index is 2.44. The zero-order valence-electron chi connectivity index (χ0n) is 16.9. The second-order valence-electron chi connectivity index (χ2n) is 6.22. The fourth-order valence-electron chi connectivity index (χ4n) is 2.84. The van der Waals surface area contributed by atoms with E-state index >= 15 is 0 Å². The molecule has 0 saturated heterocycles. The lowest BCUT2D eigenvalue weighted by molar-refractivity contribution is -0.384. The Kier molecular flexibility index (Phi) is 7.62. The van der Waals surface area contributed by atoms with Crippen molar-refractivity contribution in [3.63, 3.8) is 0 Å². The van der Waals surface area contributed by atoms with Crippen LogP contribution in [-0.2, 0) is 14.3 Å². The van der Waals surface area contributed by atoms with Crippen molar-refractivity contribution < 1.29 is 28.8 Å². The highest BCUT2D eigenvalue weighted by molar-refractivity contribution is 5.97. The Morgan fingerprint density at radius 3 is 2.07 bits per heavy atom. The number of carbonyl (C=O) groups is 3. The van der Waals surface area contributed by atoms with Crippen LogP contribution >= 0.6 is 0 Å². The number of benzene rings is 2. The third-order valence-electron chi connectivity index (χ3n) is 4.41. The van der Waals surface area contributed by atoms with Crippen LogP contribution in [0.5, 0.6) is 0 Å². The van der Waals surface area contributed by atoms with E-state index in [0.717, 1.165) is 25.3 Å². The highest BCUT2D eigenvalue weighted by Crippen LogP contribution is 2.24. The second kappa shape index (κ2) is 10.1. The number of nitro groups is 1. The Morgan fingerprint density at radius 2 is 1.57 bits per heavy atom. The molecule has 0 N–H and O–H groups in total. The first-order chi connectivity index (χ1) is 14.3. The number of nitro benzene ring substituents is 1. The van der Waals surface area contributed by atoms with E-state index in [4.69, 9.17) is 4.74 Å². The summed E-state index contributed by atoms with van der Waals surface area (Å²) in [4.78, 5) is 49.5. The van der Waals surface area contributed by atoms with Crippen molar-refractivity contribution in [1.82, 2.24) is 4.90 Å². The number of non-ortho nitro benzene ring substituents is 1. The minimum atomic E-state index is -1.24. The van der Waals surface area contributed by atoms with Crippen LogP contribution in [0.4, 0.5) is 5.69 Å². The molecule has 1 atom stereocenters. The molecule has 30 heavy (non-hydrogen) atoms. The van der Waals surface area contributed by atoms with E-state index in [1.54, 1.807) is 44.2 Å². The SMILES string of the molecule is CCN(CC)C(=O)[C@@H](OC(=O)c1cc(C(=O)OC)cc([N+](=O)[O-])c1)c1ccccc1. The van der Waals surface area contributed by atoms with Crippen LogP contribution in [0, 0.1) is 10.1 Å². The van der Waals surface area contributed by atoms with E-state index in [1.165, 1.54) is 4.90 Å². The number of hydrogen-bond donors (Lipinski definition) is 0. The molecule has 0 aliphatic carbocycles. The van der Waals surface area contributed by atoms with Crippen molar-refractivity contribution in [2.24, 2.45) is 0 Å². The third-order valence-corrected chi connectivity index (χ3v) is 4.41. The lowest BCUT2D eigenvalue weighted by Gasteiger charge is -2.25. The fourth-order valence-corrected chi connectivity index (χ4v) is 2.84. The van der Waals surface area contributed by atoms with Crippen LogP contribution in [0.15, 0.2) is 48.5 Å². The highest BCUT2D eigenvalue weighted by Gasteiger charge is 2.29. The normalized spacial score (nSPS) is 11.3. The quantitative estimate of drug-likeness (QED) is 0.370. The van der Waals surface area contributed by atoms with Crippen LogP contribution < -0.4 is 0 Å². The predicted octanol–water partition coefficient (Wildman–Crippen LogP) is 3.15. The van der Waals surface area contributed by atoms with Gasteiger partial charge >= 0.3 is 11.9 Å². The molecule has 0 spiro atoms. The number of amides is 1. The Bertz CT molecular complexity index is 940. The molecule has 0 bridgehead atoms. The van der Waals surface area contributed by atoms with E-state index in [-0.39, 0.29) is 11.1 Å². The van der Waals surface area contributed by atoms with E-state index < -0.39 is 34.6 Å². The first kappa shape index (κ1) is 22.5. The standard InChI is InChI=1S/C21H22N2O7/c1-4-22(5-2)19(24)18(14-9-7-6-8-10-14)30-21(26)16-11-15(20(25)29-3)12-17(13-16)23(27)28/h6-13,18H,4-5H2,1-3H3/t18-/m0/s1. The third kappa shape index (κ3) is 5.19. The van der Waals surface area contributed by atoms with Crippen molar-refractivity contribution in [3.05, 3.63) is 75.3 Å². The number of hydrogen-bond acceptors (Lipinski definition) is 7. The number of likely N-dealkylation sites (N-methyl/N-ethyl adjacent to an activating group) is 1. The maximum absolute atomic E-state index is 12.9. The van der Waals surface area contributed by atoms with Gasteiger partial charge in [-0.1, -0.05) is 30.3 Å². The molecule has 9 heteroatoms. The van der Waals surface area contributed by atoms with E-state index in [1.807, 2.05) is 0 Å². The van der Waals surface area contributed by atoms with Gasteiger partial charge < -0.3 is 14.4 Å². The average Bonchev–Trinajstić information content (AvgIpc) is 2.77. The number of methoxy groups -OCH3 is 1. The molecule has 2 rings (SSSR count). The fraction of sp³-hybridized carbons (Fsp3) is 0.286. The number of carbonyl (C=O) groups excluding carboxylic acids is 3. The number of nitrogens with zero attached hydrogens (tertiary/aromatic N) is 2. The van der Waals surface area contributed by atoms with Gasteiger partial charge in [0.15, 0.2) is 0 Å². The lowest BCUT2D eigenvalue weighted by Crippen LogP contribution is -2.36. The summed E-state index contributed by atoms with van der Waals surface area (Å²) < 4.78 is 10.0. The van der Waals surface area contributed by atoms with Gasteiger partial charge in [0.05, 0.1) is 23.2 Å². The van der Waals surface area contributed by atoms with Crippen molar-refractivity contribution in [3.8, 4) is 0 Å². The molecule has 0 saturated carbocycles. The van der Waals surface area contributed by atoms with Crippen LogP contribution in [0.1, 0.15) is 46.2 Å². The van der Waals surface area contributed by atoms with Crippen LogP contribution in [0.3, 0.4) is 0 Å². The molecule has 0 fully saturated rings. The second-order valence-corrected chi connectivity index (χ2v) is 6.22. The number of rotatable bonds is 8. The molecule has 0 heterocycles. The molecular formula is C21H22N2O7. The molecule has 0 aromatic heterocycles. The van der Waals surface area contributed by atoms with Crippen LogP contribution in [0.25, 0.3) is 0 Å². The monoisotopic (exact) mass is 414 g/mol. The molecule has 1 amide bonds. The minimum absolute atomic E-state index is 0.176. The maximum Gasteiger partial charge on any atom is 0.339 e. The van der Waals surface area contributed by atoms with Crippen molar-refractivity contribution in [2.45, 2.75) is 20.0 Å². The summed E-state index contributed by atoms with van der Waals surface area (Å²) in [5, 5.41) is 11.2. The minimum Gasteiger partial charge on any atom is -0.465 e. The first-order valence-electron chi connectivity index (χ1n) is 9.24. The van der Waals surface area contributed by atoms with Crippen molar-refractivity contribution in [1.29, 1.82) is 0 Å². The van der Waals surface area contributed by atoms with Crippen molar-refractivity contribution in [2.75, 3.05) is 20.2 Å². The van der Waals surface area contributed by atoms with E-state index in [2.05, 4.69) is 4.74 Å². The van der Waals surface area contributed by atoms with Crippen LogP contribution in [0.2, 0.25) is 0 Å². The number of ether oxygens (including phenoxy) is 2. The average molecular weight is 414 g/mol. The van der Waals surface area contributed by atoms with Gasteiger partial charge in [0.2, 0.25) is 6.10 Å². The largest absolute Gasteiger partial charge is 0.465 e. The van der Waals surface area contributed by atoms with E-state index in [9.17, 15) is 24.5 Å². The molecular weight excluding hydrogens is 392 g/mol. The van der Waals surface area contributed by atoms with Crippen LogP contribution in [-0.4, -0.2) is 47.9 Å². The summed E-state index contributed by atoms with van der Waals surface area (Å²) in [7, 11) is 1.12. The van der Waals surface area contributed by atoms with Gasteiger partial charge in [-0.25, -0.2) is 9.59 Å². The highest BCUT2D eigenvalue weighted by atomic mass is 16.6. The van der Waals surface area contributed by atoms with Gasteiger partial charge in [-0.15, -0.1) is 0 Å². The van der Waals surface area contributed by atoms with Gasteiger partial charge in [-0.2, -0.15) is 0 Å². The number of esters is 2. The maximum atomic E-state index is 12.9. The molecule has 2 aromatic carbocycles. The topological polar surface area (TPSA) is 116 Å². The van der Waals surface area contributed by atoms with Gasteiger partial charge in [0, 0.05) is 30.8 Å². The summed E-state index contributed by atoms with van der Waals surface area (Å²) in [5.41, 5.74) is -0.430. The summed E-state index contributed by atoms with van der Waals surface area (Å²) in [5.74, 6) is -2.23. The Labute approximate surface area is 173 Å². The molecule has 0 aliphatic heterocycles. The molecule has 158 valence electrons. The van der Waals surface area contributed by atoms with E-state index in [0.29, 0.717) is 18.7 Å². The van der Waals surface area contributed by atoms with Gasteiger partial charge in [-0.05, 0) is 19.9 Å². The first-order valence-corrected chi connectivity index (χ1v) is 9.24. The predicted molar refractivity (Wildman–Crippen MR) is 107 cm³/mol. The van der Waals surface area contributed by atoms with Crippen molar-refractivity contribution >= 4 is 23.5 Å². The summed E-state index contributed by atoms with van der Waals surface area (Å²) >= 11 is 0.